The van der Waals surface area contributed by atoms with Gasteiger partial charge in [-0.2, -0.15) is 0 Å². The predicted octanol–water partition coefficient (Wildman–Crippen LogP) is 4.46. The van der Waals surface area contributed by atoms with Gasteiger partial charge in [0.15, 0.2) is 0 Å². The van der Waals surface area contributed by atoms with Crippen LogP contribution in [0.15, 0.2) is 36.4 Å². The van der Waals surface area contributed by atoms with E-state index in [1.807, 2.05) is 0 Å². The normalized spacial score (nSPS) is 10.6. The van der Waals surface area contributed by atoms with Crippen LogP contribution in [0.2, 0.25) is 0 Å². The van der Waals surface area contributed by atoms with Crippen LogP contribution in [0.25, 0.3) is 0 Å². The summed E-state index contributed by atoms with van der Waals surface area (Å²) in [5, 5.41) is 21.6. The third kappa shape index (κ3) is 6.74. The zero-order valence-electron chi connectivity index (χ0n) is 15.2. The van der Waals surface area contributed by atoms with Gasteiger partial charge in [-0.1, -0.05) is 0 Å². The molecule has 0 saturated carbocycles. The van der Waals surface area contributed by atoms with E-state index in [2.05, 4.69) is 0 Å². The van der Waals surface area contributed by atoms with E-state index in [0.29, 0.717) is 22.6 Å². The highest BCUT2D eigenvalue weighted by atomic mass is 35.5. The van der Waals surface area contributed by atoms with Crippen molar-refractivity contribution < 1.29 is 24.1 Å². The largest absolute Gasteiger partial charge is 0.491 e. The van der Waals surface area contributed by atoms with Gasteiger partial charge >= 0.3 is 0 Å². The Bertz CT molecular complexity index is 795. The molecular formula is C18H18Cl2N2O7. The fourth-order valence-electron chi connectivity index (χ4n) is 2.37. The van der Waals surface area contributed by atoms with Gasteiger partial charge < -0.3 is 14.2 Å². The number of nitrogens with zero attached hydrogens (tertiary/aromatic N) is 2. The van der Waals surface area contributed by atoms with E-state index < -0.39 is 9.85 Å². The first kappa shape index (κ1) is 22.7. The molecule has 29 heavy (non-hydrogen) atoms. The zero-order chi connectivity index (χ0) is 21.2. The minimum atomic E-state index is -0.497. The SMILES string of the molecule is O=[N+]([O-])c1ccc(OCCOCCOc2ccc([N+](=O)[O-])cc2CCl)c(CCl)c1. The van der Waals surface area contributed by atoms with Crippen molar-refractivity contribution in [3.63, 3.8) is 0 Å². The van der Waals surface area contributed by atoms with E-state index in [4.69, 9.17) is 37.4 Å². The molecule has 0 unspecified atom stereocenters. The lowest BCUT2D eigenvalue weighted by molar-refractivity contribution is -0.385. The zero-order valence-corrected chi connectivity index (χ0v) is 16.7. The first-order valence-electron chi connectivity index (χ1n) is 8.46. The van der Waals surface area contributed by atoms with Gasteiger partial charge in [0.2, 0.25) is 0 Å². The smallest absolute Gasteiger partial charge is 0.270 e. The van der Waals surface area contributed by atoms with Crippen LogP contribution in [-0.2, 0) is 16.5 Å². The highest BCUT2D eigenvalue weighted by molar-refractivity contribution is 6.17. The van der Waals surface area contributed by atoms with Crippen LogP contribution in [0, 0.1) is 20.2 Å². The molecule has 2 aromatic rings. The lowest BCUT2D eigenvalue weighted by Crippen LogP contribution is -2.13. The van der Waals surface area contributed by atoms with Crippen molar-refractivity contribution in [3.05, 3.63) is 67.8 Å². The molecule has 0 atom stereocenters. The maximum Gasteiger partial charge on any atom is 0.270 e. The Hall–Kier alpha value is -2.62. The topological polar surface area (TPSA) is 114 Å². The van der Waals surface area contributed by atoms with Crippen LogP contribution in [0.3, 0.4) is 0 Å². The summed E-state index contributed by atoms with van der Waals surface area (Å²) in [6, 6.07) is 8.44. The molecule has 0 heterocycles. The molecule has 9 nitrogen and oxygen atoms in total. The monoisotopic (exact) mass is 444 g/mol. The lowest BCUT2D eigenvalue weighted by atomic mass is 10.2. The number of hydrogen-bond acceptors (Lipinski definition) is 7. The summed E-state index contributed by atoms with van der Waals surface area (Å²) in [5.41, 5.74) is 0.944. The number of nitro benzene ring substituents is 2. The van der Waals surface area contributed by atoms with Crippen LogP contribution in [-0.4, -0.2) is 36.3 Å². The molecule has 0 spiro atoms. The van der Waals surface area contributed by atoms with Gasteiger partial charge in [0.1, 0.15) is 24.7 Å². The van der Waals surface area contributed by atoms with Crippen LogP contribution >= 0.6 is 23.2 Å². The van der Waals surface area contributed by atoms with E-state index in [9.17, 15) is 20.2 Å². The summed E-state index contributed by atoms with van der Waals surface area (Å²) in [5.74, 6) is 1.10. The van der Waals surface area contributed by atoms with E-state index >= 15 is 0 Å². The Balaban J connectivity index is 1.73. The summed E-state index contributed by atoms with van der Waals surface area (Å²) >= 11 is 11.6. The number of ether oxygens (including phenoxy) is 3. The fraction of sp³-hybridized carbons (Fsp3) is 0.333. The second kappa shape index (κ2) is 11.4. The Morgan fingerprint density at radius 1 is 0.724 bits per heavy atom. The minimum Gasteiger partial charge on any atom is -0.491 e. The molecule has 156 valence electrons. The van der Waals surface area contributed by atoms with E-state index in [1.54, 1.807) is 0 Å². The van der Waals surface area contributed by atoms with Gasteiger partial charge in [0.25, 0.3) is 11.4 Å². The highest BCUT2D eigenvalue weighted by Crippen LogP contribution is 2.26. The number of rotatable bonds is 12. The van der Waals surface area contributed by atoms with Crippen molar-refractivity contribution in [2.75, 3.05) is 26.4 Å². The molecule has 0 aliphatic carbocycles. The quantitative estimate of drug-likeness (QED) is 0.205. The number of halogens is 2. The lowest BCUT2D eigenvalue weighted by Gasteiger charge is -2.12. The number of alkyl halides is 2. The average Bonchev–Trinajstić information content (AvgIpc) is 2.72. The molecular weight excluding hydrogens is 427 g/mol. The molecule has 0 N–H and O–H groups in total. The molecule has 0 saturated heterocycles. The van der Waals surface area contributed by atoms with Gasteiger partial charge in [0, 0.05) is 35.4 Å². The Labute approximate surface area is 176 Å². The predicted molar refractivity (Wildman–Crippen MR) is 107 cm³/mol. The second-order valence-electron chi connectivity index (χ2n) is 5.67. The van der Waals surface area contributed by atoms with Gasteiger partial charge in [-0.05, 0) is 12.1 Å². The Kier molecular flexibility index (Phi) is 8.91. The van der Waals surface area contributed by atoms with Crippen LogP contribution in [0.4, 0.5) is 11.4 Å². The molecule has 2 rings (SSSR count). The van der Waals surface area contributed by atoms with Crippen molar-refractivity contribution in [2.24, 2.45) is 0 Å². The maximum atomic E-state index is 10.8. The Morgan fingerprint density at radius 3 is 1.48 bits per heavy atom. The minimum absolute atomic E-state index is 0.0519. The van der Waals surface area contributed by atoms with Gasteiger partial charge in [-0.3, -0.25) is 20.2 Å². The second-order valence-corrected chi connectivity index (χ2v) is 6.21. The van der Waals surface area contributed by atoms with Gasteiger partial charge in [-0.25, -0.2) is 0 Å². The summed E-state index contributed by atoms with van der Waals surface area (Å²) in [6.45, 7) is 0.994. The molecule has 0 bridgehead atoms. The van der Waals surface area contributed by atoms with E-state index in [1.165, 1.54) is 36.4 Å². The summed E-state index contributed by atoms with van der Waals surface area (Å²) in [4.78, 5) is 20.6. The average molecular weight is 445 g/mol. The third-order valence-electron chi connectivity index (χ3n) is 3.77. The molecule has 0 aliphatic heterocycles. The van der Waals surface area contributed by atoms with E-state index in [0.717, 1.165) is 0 Å². The number of nitro groups is 2. The number of hydrogen-bond donors (Lipinski definition) is 0. The summed E-state index contributed by atoms with van der Waals surface area (Å²) in [6.07, 6.45) is 0. The van der Waals surface area contributed by atoms with Crippen LogP contribution < -0.4 is 9.47 Å². The molecule has 0 amide bonds. The standard InChI is InChI=1S/C18H18Cl2N2O7/c19-11-13-9-15(21(23)24)1-3-17(13)28-7-5-27-6-8-29-18-4-2-16(22(25)26)10-14(18)12-20/h1-4,9-10H,5-8,11-12H2. The highest BCUT2D eigenvalue weighted by Gasteiger charge is 2.12. The maximum absolute atomic E-state index is 10.8. The van der Waals surface area contributed by atoms with Crippen LogP contribution in [0.5, 0.6) is 11.5 Å². The number of non-ortho nitro benzene ring substituents is 2. The number of benzene rings is 2. The molecule has 0 aromatic heterocycles. The van der Waals surface area contributed by atoms with Crippen molar-refractivity contribution >= 4 is 34.6 Å². The molecule has 0 radical (unpaired) electrons. The van der Waals surface area contributed by atoms with Gasteiger partial charge in [-0.15, -0.1) is 23.2 Å². The first-order chi connectivity index (χ1) is 14.0. The molecule has 11 heteroatoms. The van der Waals surface area contributed by atoms with Gasteiger partial charge in [0.05, 0.1) is 34.8 Å². The fourth-order valence-corrected chi connectivity index (χ4v) is 2.79. The van der Waals surface area contributed by atoms with Crippen molar-refractivity contribution in [1.82, 2.24) is 0 Å². The van der Waals surface area contributed by atoms with Crippen molar-refractivity contribution in [1.29, 1.82) is 0 Å². The van der Waals surface area contributed by atoms with Crippen LogP contribution in [0.1, 0.15) is 11.1 Å². The summed E-state index contributed by atoms with van der Waals surface area (Å²) in [7, 11) is 0. The third-order valence-corrected chi connectivity index (χ3v) is 4.34. The van der Waals surface area contributed by atoms with E-state index in [-0.39, 0.29) is 49.6 Å². The molecule has 2 aromatic carbocycles. The van der Waals surface area contributed by atoms with Crippen molar-refractivity contribution in [2.45, 2.75) is 11.8 Å². The Morgan fingerprint density at radius 2 is 1.14 bits per heavy atom. The first-order valence-corrected chi connectivity index (χ1v) is 9.53. The molecule has 0 aliphatic rings. The summed E-state index contributed by atoms with van der Waals surface area (Å²) < 4.78 is 16.5. The van der Waals surface area contributed by atoms with Crippen molar-refractivity contribution in [3.8, 4) is 11.5 Å². The molecule has 0 fully saturated rings.